The number of nitrogens with zero attached hydrogens (tertiary/aromatic N) is 3. The predicted molar refractivity (Wildman–Crippen MR) is 89.9 cm³/mol. The molecule has 0 aliphatic carbocycles. The fourth-order valence-corrected chi connectivity index (χ4v) is 3.63. The number of rotatable bonds is 4. The molecular formula is C16H16F3N3O2S. The average molecular weight is 371 g/mol. The van der Waals surface area contributed by atoms with Crippen molar-refractivity contribution < 1.29 is 18.1 Å². The van der Waals surface area contributed by atoms with Crippen molar-refractivity contribution in [3.63, 3.8) is 0 Å². The Bertz CT molecular complexity index is 742. The second kappa shape index (κ2) is 7.01. The number of piperazine rings is 1. The molecule has 0 spiro atoms. The number of anilines is 1. The Labute approximate surface area is 146 Å². The summed E-state index contributed by atoms with van der Waals surface area (Å²) in [5, 5.41) is 13.2. The van der Waals surface area contributed by atoms with Crippen LogP contribution in [0, 0.1) is 10.1 Å². The van der Waals surface area contributed by atoms with Gasteiger partial charge in [0.25, 0.3) is 5.69 Å². The van der Waals surface area contributed by atoms with Gasteiger partial charge in [0.1, 0.15) is 5.69 Å². The minimum atomic E-state index is -4.59. The molecule has 0 atom stereocenters. The number of hydrogen-bond donors (Lipinski definition) is 0. The van der Waals surface area contributed by atoms with E-state index in [1.54, 1.807) is 16.2 Å². The number of nitro groups is 1. The number of nitro benzene ring substituents is 1. The highest BCUT2D eigenvalue weighted by Crippen LogP contribution is 2.36. The molecule has 25 heavy (non-hydrogen) atoms. The molecule has 1 fully saturated rings. The van der Waals surface area contributed by atoms with Gasteiger partial charge in [-0.05, 0) is 23.6 Å². The highest BCUT2D eigenvalue weighted by Gasteiger charge is 2.34. The van der Waals surface area contributed by atoms with E-state index < -0.39 is 22.4 Å². The Morgan fingerprint density at radius 2 is 1.88 bits per heavy atom. The molecule has 2 heterocycles. The quantitative estimate of drug-likeness (QED) is 0.602. The fraction of sp³-hybridized carbons (Fsp3) is 0.375. The van der Waals surface area contributed by atoms with Gasteiger partial charge < -0.3 is 4.90 Å². The maximum Gasteiger partial charge on any atom is 0.416 e. The van der Waals surface area contributed by atoms with E-state index in [4.69, 9.17) is 0 Å². The van der Waals surface area contributed by atoms with Crippen LogP contribution in [0.25, 0.3) is 0 Å². The Balaban J connectivity index is 1.73. The summed E-state index contributed by atoms with van der Waals surface area (Å²) in [6, 6.07) is 6.77. The number of halogens is 3. The Kier molecular flexibility index (Phi) is 4.96. The zero-order valence-electron chi connectivity index (χ0n) is 13.2. The van der Waals surface area contributed by atoms with Crippen molar-refractivity contribution in [1.82, 2.24) is 4.90 Å². The molecule has 1 aliphatic heterocycles. The summed E-state index contributed by atoms with van der Waals surface area (Å²) in [6.07, 6.45) is -4.59. The second-order valence-electron chi connectivity index (χ2n) is 5.80. The van der Waals surface area contributed by atoms with Gasteiger partial charge in [0.15, 0.2) is 0 Å². The van der Waals surface area contributed by atoms with Crippen LogP contribution in [-0.4, -0.2) is 36.0 Å². The van der Waals surface area contributed by atoms with Crippen LogP contribution in [0.4, 0.5) is 24.5 Å². The zero-order valence-corrected chi connectivity index (χ0v) is 14.0. The molecule has 1 aliphatic rings. The highest BCUT2D eigenvalue weighted by molar-refractivity contribution is 7.09. The van der Waals surface area contributed by atoms with Gasteiger partial charge in [-0.15, -0.1) is 11.3 Å². The third kappa shape index (κ3) is 4.10. The van der Waals surface area contributed by atoms with Gasteiger partial charge in [0.2, 0.25) is 0 Å². The second-order valence-corrected chi connectivity index (χ2v) is 6.83. The lowest BCUT2D eigenvalue weighted by molar-refractivity contribution is -0.384. The topological polar surface area (TPSA) is 49.6 Å². The lowest BCUT2D eigenvalue weighted by Gasteiger charge is -2.35. The summed E-state index contributed by atoms with van der Waals surface area (Å²) in [7, 11) is 0. The van der Waals surface area contributed by atoms with Gasteiger partial charge in [-0.1, -0.05) is 6.07 Å². The molecule has 0 amide bonds. The van der Waals surface area contributed by atoms with Crippen LogP contribution in [0.5, 0.6) is 0 Å². The van der Waals surface area contributed by atoms with Crippen LogP contribution >= 0.6 is 11.3 Å². The number of hydrogen-bond acceptors (Lipinski definition) is 5. The first kappa shape index (κ1) is 17.7. The molecule has 1 aromatic heterocycles. The molecule has 2 aromatic rings. The third-order valence-electron chi connectivity index (χ3n) is 4.17. The van der Waals surface area contributed by atoms with E-state index >= 15 is 0 Å². The first-order valence-electron chi connectivity index (χ1n) is 7.70. The maximum atomic E-state index is 12.8. The minimum absolute atomic E-state index is 0.244. The van der Waals surface area contributed by atoms with Gasteiger partial charge >= 0.3 is 6.18 Å². The van der Waals surface area contributed by atoms with Crippen LogP contribution in [-0.2, 0) is 12.7 Å². The molecule has 134 valence electrons. The smallest absolute Gasteiger partial charge is 0.363 e. The Hall–Kier alpha value is -2.13. The summed E-state index contributed by atoms with van der Waals surface area (Å²) in [5.74, 6) is 0. The maximum absolute atomic E-state index is 12.8. The summed E-state index contributed by atoms with van der Waals surface area (Å²) < 4.78 is 38.4. The Morgan fingerprint density at radius 1 is 1.16 bits per heavy atom. The molecule has 3 rings (SSSR count). The van der Waals surface area contributed by atoms with Crippen molar-refractivity contribution in [3.8, 4) is 0 Å². The van der Waals surface area contributed by atoms with Crippen molar-refractivity contribution in [2.45, 2.75) is 12.7 Å². The van der Waals surface area contributed by atoms with Gasteiger partial charge in [-0.25, -0.2) is 0 Å². The van der Waals surface area contributed by atoms with Crippen molar-refractivity contribution >= 4 is 22.7 Å². The lowest BCUT2D eigenvalue weighted by atomic mass is 10.1. The summed E-state index contributed by atoms with van der Waals surface area (Å²) >= 11 is 1.67. The summed E-state index contributed by atoms with van der Waals surface area (Å²) in [6.45, 7) is 3.31. The third-order valence-corrected chi connectivity index (χ3v) is 5.03. The van der Waals surface area contributed by atoms with Gasteiger partial charge in [-0.2, -0.15) is 13.2 Å². The first-order valence-corrected chi connectivity index (χ1v) is 8.58. The lowest BCUT2D eigenvalue weighted by Crippen LogP contribution is -2.46. The molecule has 1 aromatic carbocycles. The van der Waals surface area contributed by atoms with Crippen LogP contribution in [0.3, 0.4) is 0 Å². The van der Waals surface area contributed by atoms with E-state index in [1.165, 1.54) is 10.9 Å². The van der Waals surface area contributed by atoms with Crippen molar-refractivity contribution in [2.75, 3.05) is 31.1 Å². The molecule has 0 unspecified atom stereocenters. The molecule has 0 radical (unpaired) electrons. The van der Waals surface area contributed by atoms with Crippen LogP contribution < -0.4 is 4.90 Å². The number of benzene rings is 1. The standard InChI is InChI=1S/C16H16F3N3O2S/c17-16(18,19)12-3-4-14(15(10-12)22(23)24)21-7-5-20(6-8-21)11-13-2-1-9-25-13/h1-4,9-10H,5-8,11H2. The van der Waals surface area contributed by atoms with Gasteiger partial charge in [0.05, 0.1) is 10.5 Å². The van der Waals surface area contributed by atoms with E-state index in [9.17, 15) is 23.3 Å². The fourth-order valence-electron chi connectivity index (χ4n) is 2.88. The zero-order chi connectivity index (χ0) is 18.0. The van der Waals surface area contributed by atoms with E-state index in [1.807, 2.05) is 11.4 Å². The van der Waals surface area contributed by atoms with E-state index in [2.05, 4.69) is 11.0 Å². The molecule has 5 nitrogen and oxygen atoms in total. The molecule has 9 heteroatoms. The normalized spacial score (nSPS) is 16.2. The average Bonchev–Trinajstić information content (AvgIpc) is 3.07. The minimum Gasteiger partial charge on any atom is -0.363 e. The number of thiophene rings is 1. The molecule has 0 saturated carbocycles. The monoisotopic (exact) mass is 371 g/mol. The first-order chi connectivity index (χ1) is 11.8. The predicted octanol–water partition coefficient (Wildman–Crippen LogP) is 4.00. The van der Waals surface area contributed by atoms with Gasteiger partial charge in [0, 0.05) is 43.7 Å². The van der Waals surface area contributed by atoms with Crippen molar-refractivity contribution in [2.24, 2.45) is 0 Å². The van der Waals surface area contributed by atoms with E-state index in [0.29, 0.717) is 32.2 Å². The highest BCUT2D eigenvalue weighted by atomic mass is 32.1. The van der Waals surface area contributed by atoms with Gasteiger partial charge in [-0.3, -0.25) is 15.0 Å². The molecule has 0 bridgehead atoms. The number of alkyl halides is 3. The summed E-state index contributed by atoms with van der Waals surface area (Å²) in [5.41, 5.74) is -1.26. The summed E-state index contributed by atoms with van der Waals surface area (Å²) in [4.78, 5) is 15.7. The van der Waals surface area contributed by atoms with Crippen molar-refractivity contribution in [1.29, 1.82) is 0 Å². The van der Waals surface area contributed by atoms with Crippen LogP contribution in [0.2, 0.25) is 0 Å². The largest absolute Gasteiger partial charge is 0.416 e. The van der Waals surface area contributed by atoms with E-state index in [-0.39, 0.29) is 5.69 Å². The van der Waals surface area contributed by atoms with Crippen LogP contribution in [0.1, 0.15) is 10.4 Å². The molecular weight excluding hydrogens is 355 g/mol. The van der Waals surface area contributed by atoms with E-state index in [0.717, 1.165) is 12.6 Å². The SMILES string of the molecule is O=[N+]([O-])c1cc(C(F)(F)F)ccc1N1CCN(Cc2cccs2)CC1. The molecule has 1 saturated heterocycles. The van der Waals surface area contributed by atoms with Crippen molar-refractivity contribution in [3.05, 3.63) is 56.3 Å². The Morgan fingerprint density at radius 3 is 2.44 bits per heavy atom. The molecule has 0 N–H and O–H groups in total. The van der Waals surface area contributed by atoms with Crippen LogP contribution in [0.15, 0.2) is 35.7 Å².